The lowest BCUT2D eigenvalue weighted by atomic mass is 10.1. The van der Waals surface area contributed by atoms with Gasteiger partial charge in [0, 0.05) is 14.3 Å². The van der Waals surface area contributed by atoms with Gasteiger partial charge in [-0.25, -0.2) is 0 Å². The molecule has 0 heterocycles. The molecular formula is C16H17BrOS. The summed E-state index contributed by atoms with van der Waals surface area (Å²) in [7, 11) is 0. The van der Waals surface area contributed by atoms with Gasteiger partial charge in [-0.05, 0) is 50.1 Å². The van der Waals surface area contributed by atoms with Crippen molar-refractivity contribution < 1.29 is 5.11 Å². The molecule has 0 aliphatic rings. The van der Waals surface area contributed by atoms with Crippen molar-refractivity contribution in [3.63, 3.8) is 0 Å². The van der Waals surface area contributed by atoms with E-state index in [1.165, 1.54) is 20.9 Å². The number of aliphatic hydroxyl groups is 1. The van der Waals surface area contributed by atoms with Gasteiger partial charge in [0.15, 0.2) is 0 Å². The maximum absolute atomic E-state index is 9.62. The van der Waals surface area contributed by atoms with E-state index in [0.29, 0.717) is 0 Å². The number of rotatable bonds is 3. The number of aryl methyl sites for hydroxylation is 2. The molecule has 0 saturated heterocycles. The molecule has 0 aromatic heterocycles. The highest BCUT2D eigenvalue weighted by molar-refractivity contribution is 9.10. The molecular weight excluding hydrogens is 320 g/mol. The first-order chi connectivity index (χ1) is 8.97. The van der Waals surface area contributed by atoms with E-state index in [9.17, 15) is 5.11 Å². The summed E-state index contributed by atoms with van der Waals surface area (Å²) in [5.41, 5.74) is 3.50. The molecule has 0 fully saturated rings. The Hall–Kier alpha value is -0.770. The molecule has 100 valence electrons. The summed E-state index contributed by atoms with van der Waals surface area (Å²) >= 11 is 5.26. The van der Waals surface area contributed by atoms with Crippen molar-refractivity contribution >= 4 is 27.7 Å². The summed E-state index contributed by atoms with van der Waals surface area (Å²) in [5, 5.41) is 9.62. The second kappa shape index (κ2) is 6.12. The quantitative estimate of drug-likeness (QED) is 0.823. The first-order valence-electron chi connectivity index (χ1n) is 6.20. The Balaban J connectivity index is 2.26. The highest BCUT2D eigenvalue weighted by atomic mass is 79.9. The van der Waals surface area contributed by atoms with Crippen molar-refractivity contribution in [3.8, 4) is 0 Å². The molecule has 19 heavy (non-hydrogen) atoms. The average Bonchev–Trinajstić information content (AvgIpc) is 2.32. The molecule has 0 bridgehead atoms. The molecule has 0 aliphatic heterocycles. The van der Waals surface area contributed by atoms with Crippen LogP contribution in [-0.2, 0) is 0 Å². The largest absolute Gasteiger partial charge is 0.389 e. The van der Waals surface area contributed by atoms with Crippen LogP contribution in [0.25, 0.3) is 0 Å². The molecule has 0 spiro atoms. The van der Waals surface area contributed by atoms with E-state index in [4.69, 9.17) is 0 Å². The topological polar surface area (TPSA) is 20.2 Å². The lowest BCUT2D eigenvalue weighted by molar-refractivity contribution is 0.198. The Kier molecular flexibility index (Phi) is 4.71. The zero-order valence-corrected chi connectivity index (χ0v) is 13.7. The van der Waals surface area contributed by atoms with E-state index < -0.39 is 6.10 Å². The van der Waals surface area contributed by atoms with Crippen LogP contribution in [0.1, 0.15) is 29.7 Å². The van der Waals surface area contributed by atoms with E-state index >= 15 is 0 Å². The zero-order chi connectivity index (χ0) is 14.0. The fourth-order valence-corrected chi connectivity index (χ4v) is 3.74. The molecule has 0 radical (unpaired) electrons. The third kappa shape index (κ3) is 3.62. The van der Waals surface area contributed by atoms with Crippen LogP contribution in [0.4, 0.5) is 0 Å². The van der Waals surface area contributed by atoms with Crippen molar-refractivity contribution in [1.82, 2.24) is 0 Å². The van der Waals surface area contributed by atoms with Crippen molar-refractivity contribution in [3.05, 3.63) is 57.6 Å². The second-order valence-electron chi connectivity index (χ2n) is 4.73. The first-order valence-corrected chi connectivity index (χ1v) is 7.81. The van der Waals surface area contributed by atoms with Crippen LogP contribution in [0.3, 0.4) is 0 Å². The molecule has 1 atom stereocenters. The molecule has 2 rings (SSSR count). The van der Waals surface area contributed by atoms with Gasteiger partial charge >= 0.3 is 0 Å². The highest BCUT2D eigenvalue weighted by Crippen LogP contribution is 2.34. The second-order valence-corrected chi connectivity index (χ2v) is 6.70. The monoisotopic (exact) mass is 336 g/mol. The Labute approximate surface area is 127 Å². The van der Waals surface area contributed by atoms with E-state index in [1.54, 1.807) is 18.7 Å². The number of hydrogen-bond acceptors (Lipinski definition) is 2. The van der Waals surface area contributed by atoms with E-state index in [1.807, 2.05) is 6.07 Å². The van der Waals surface area contributed by atoms with Crippen molar-refractivity contribution in [2.45, 2.75) is 36.7 Å². The van der Waals surface area contributed by atoms with E-state index in [-0.39, 0.29) is 0 Å². The van der Waals surface area contributed by atoms with Crippen LogP contribution in [0.15, 0.2) is 50.7 Å². The summed E-state index contributed by atoms with van der Waals surface area (Å²) in [6, 6.07) is 12.6. The van der Waals surface area contributed by atoms with Crippen LogP contribution >= 0.6 is 27.7 Å². The van der Waals surface area contributed by atoms with Crippen LogP contribution in [0, 0.1) is 13.8 Å². The zero-order valence-electron chi connectivity index (χ0n) is 11.3. The Morgan fingerprint density at radius 2 is 1.84 bits per heavy atom. The minimum Gasteiger partial charge on any atom is -0.389 e. The lowest BCUT2D eigenvalue weighted by Crippen LogP contribution is -1.92. The smallest absolute Gasteiger partial charge is 0.0772 e. The van der Waals surface area contributed by atoms with E-state index in [0.717, 1.165) is 10.0 Å². The maximum Gasteiger partial charge on any atom is 0.0772 e. The minimum absolute atomic E-state index is 0.450. The Morgan fingerprint density at radius 1 is 1.11 bits per heavy atom. The van der Waals surface area contributed by atoms with Crippen molar-refractivity contribution in [2.75, 3.05) is 0 Å². The van der Waals surface area contributed by atoms with Gasteiger partial charge in [-0.3, -0.25) is 0 Å². The number of halogens is 1. The summed E-state index contributed by atoms with van der Waals surface area (Å²) in [5.74, 6) is 0. The summed E-state index contributed by atoms with van der Waals surface area (Å²) < 4.78 is 0.956. The number of hydrogen-bond donors (Lipinski definition) is 1. The van der Waals surface area contributed by atoms with Crippen molar-refractivity contribution in [1.29, 1.82) is 0 Å². The highest BCUT2D eigenvalue weighted by Gasteiger charge is 2.08. The lowest BCUT2D eigenvalue weighted by Gasteiger charge is -2.11. The van der Waals surface area contributed by atoms with Gasteiger partial charge in [0.2, 0.25) is 0 Å². The van der Waals surface area contributed by atoms with Gasteiger partial charge in [-0.15, -0.1) is 0 Å². The third-order valence-electron chi connectivity index (χ3n) is 2.98. The molecule has 1 nitrogen and oxygen atoms in total. The van der Waals surface area contributed by atoms with E-state index in [2.05, 4.69) is 60.1 Å². The SMILES string of the molecule is Cc1ccc(Sc2ccc([C@H](C)O)c(Br)c2)c(C)c1. The first kappa shape index (κ1) is 14.6. The Bertz CT molecular complexity index is 593. The molecule has 2 aromatic carbocycles. The number of aliphatic hydroxyl groups excluding tert-OH is 1. The molecule has 3 heteroatoms. The third-order valence-corrected chi connectivity index (χ3v) is 4.83. The molecule has 0 amide bonds. The van der Waals surface area contributed by atoms with Crippen LogP contribution in [0.2, 0.25) is 0 Å². The molecule has 0 unspecified atom stereocenters. The fourth-order valence-electron chi connectivity index (χ4n) is 1.95. The van der Waals surface area contributed by atoms with Gasteiger partial charge in [-0.2, -0.15) is 0 Å². The fraction of sp³-hybridized carbons (Fsp3) is 0.250. The normalized spacial score (nSPS) is 12.5. The Morgan fingerprint density at radius 3 is 2.42 bits per heavy atom. The molecule has 1 N–H and O–H groups in total. The van der Waals surface area contributed by atoms with Gasteiger partial charge in [0.1, 0.15) is 0 Å². The molecule has 2 aromatic rings. The molecule has 0 aliphatic carbocycles. The van der Waals surface area contributed by atoms with Crippen LogP contribution in [-0.4, -0.2) is 5.11 Å². The van der Waals surface area contributed by atoms with Crippen molar-refractivity contribution in [2.24, 2.45) is 0 Å². The standard InChI is InChI=1S/C16H17BrOS/c1-10-4-7-16(11(2)8-10)19-13-5-6-14(12(3)18)15(17)9-13/h4-9,12,18H,1-3H3/t12-/m0/s1. The predicted octanol–water partition coefficient (Wildman–Crippen LogP) is 5.27. The summed E-state index contributed by atoms with van der Waals surface area (Å²) in [4.78, 5) is 2.44. The minimum atomic E-state index is -0.450. The number of benzene rings is 2. The predicted molar refractivity (Wildman–Crippen MR) is 84.8 cm³/mol. The summed E-state index contributed by atoms with van der Waals surface area (Å²) in [6.07, 6.45) is -0.450. The average molecular weight is 337 g/mol. The van der Waals surface area contributed by atoms with Crippen LogP contribution in [0.5, 0.6) is 0 Å². The van der Waals surface area contributed by atoms with Gasteiger partial charge < -0.3 is 5.11 Å². The maximum atomic E-state index is 9.62. The van der Waals surface area contributed by atoms with Gasteiger partial charge in [-0.1, -0.05) is 51.5 Å². The van der Waals surface area contributed by atoms with Gasteiger partial charge in [0.25, 0.3) is 0 Å². The van der Waals surface area contributed by atoms with Gasteiger partial charge in [0.05, 0.1) is 6.10 Å². The summed E-state index contributed by atoms with van der Waals surface area (Å²) in [6.45, 7) is 6.01. The molecule has 0 saturated carbocycles. The van der Waals surface area contributed by atoms with Crippen LogP contribution < -0.4 is 0 Å².